The van der Waals surface area contributed by atoms with Gasteiger partial charge in [0.2, 0.25) is 11.8 Å². The SMILES string of the molecule is CCN(CC(=O)N1c2ccccc2NC(=O)C[C@@H]1C(F)(F)F)c1ccc(F)cc1. The maximum atomic E-state index is 13.8. The topological polar surface area (TPSA) is 52.7 Å². The minimum Gasteiger partial charge on any atom is -0.362 e. The number of hydrogen-bond donors (Lipinski definition) is 1. The number of para-hydroxylation sites is 2. The maximum Gasteiger partial charge on any atom is 0.409 e. The van der Waals surface area contributed by atoms with E-state index in [2.05, 4.69) is 5.32 Å². The van der Waals surface area contributed by atoms with E-state index in [9.17, 15) is 27.2 Å². The third kappa shape index (κ3) is 4.49. The number of alkyl halides is 3. The van der Waals surface area contributed by atoms with Crippen LogP contribution in [-0.2, 0) is 9.59 Å². The van der Waals surface area contributed by atoms with Crippen LogP contribution in [0, 0.1) is 5.82 Å². The van der Waals surface area contributed by atoms with Gasteiger partial charge in [0, 0.05) is 12.2 Å². The first-order chi connectivity index (χ1) is 13.7. The van der Waals surface area contributed by atoms with E-state index in [0.29, 0.717) is 17.1 Å². The van der Waals surface area contributed by atoms with Gasteiger partial charge in [0.1, 0.15) is 11.9 Å². The van der Waals surface area contributed by atoms with Gasteiger partial charge in [-0.3, -0.25) is 14.5 Å². The van der Waals surface area contributed by atoms with Crippen LogP contribution in [0.1, 0.15) is 13.3 Å². The minimum absolute atomic E-state index is 0.0131. The van der Waals surface area contributed by atoms with E-state index in [1.165, 1.54) is 47.4 Å². The van der Waals surface area contributed by atoms with Crippen molar-refractivity contribution in [1.29, 1.82) is 0 Å². The van der Waals surface area contributed by atoms with E-state index in [4.69, 9.17) is 0 Å². The molecule has 9 heteroatoms. The molecule has 1 aliphatic rings. The lowest BCUT2D eigenvalue weighted by molar-refractivity contribution is -0.157. The van der Waals surface area contributed by atoms with Crippen LogP contribution in [0.15, 0.2) is 48.5 Å². The molecule has 0 aliphatic carbocycles. The number of nitrogens with zero attached hydrogens (tertiary/aromatic N) is 2. The number of amides is 2. The van der Waals surface area contributed by atoms with Crippen LogP contribution < -0.4 is 15.1 Å². The Morgan fingerprint density at radius 1 is 1.17 bits per heavy atom. The molecule has 0 radical (unpaired) electrons. The molecule has 0 aromatic heterocycles. The monoisotopic (exact) mass is 409 g/mol. The molecule has 0 spiro atoms. The van der Waals surface area contributed by atoms with E-state index >= 15 is 0 Å². The second kappa shape index (κ2) is 8.10. The highest BCUT2D eigenvalue weighted by Gasteiger charge is 2.49. The molecule has 3 rings (SSSR count). The van der Waals surface area contributed by atoms with Crippen molar-refractivity contribution in [2.24, 2.45) is 0 Å². The number of hydrogen-bond acceptors (Lipinski definition) is 3. The van der Waals surface area contributed by atoms with Gasteiger partial charge in [0.15, 0.2) is 0 Å². The van der Waals surface area contributed by atoms with Crippen LogP contribution in [0.4, 0.5) is 34.6 Å². The molecule has 0 bridgehead atoms. The van der Waals surface area contributed by atoms with Crippen molar-refractivity contribution in [3.05, 3.63) is 54.3 Å². The van der Waals surface area contributed by atoms with Gasteiger partial charge in [-0.05, 0) is 43.3 Å². The van der Waals surface area contributed by atoms with Gasteiger partial charge in [-0.2, -0.15) is 13.2 Å². The molecule has 0 unspecified atom stereocenters. The molecule has 0 fully saturated rings. The molecule has 2 aromatic rings. The van der Waals surface area contributed by atoms with Crippen molar-refractivity contribution in [3.8, 4) is 0 Å². The number of rotatable bonds is 4. The molecule has 0 saturated carbocycles. The first-order valence-corrected chi connectivity index (χ1v) is 8.99. The third-order valence-corrected chi connectivity index (χ3v) is 4.67. The summed E-state index contributed by atoms with van der Waals surface area (Å²) in [5, 5.41) is 2.43. The van der Waals surface area contributed by atoms with Crippen molar-refractivity contribution in [2.45, 2.75) is 25.6 Å². The molecule has 1 N–H and O–H groups in total. The Balaban J connectivity index is 1.98. The zero-order valence-electron chi connectivity index (χ0n) is 15.5. The molecule has 0 saturated heterocycles. The summed E-state index contributed by atoms with van der Waals surface area (Å²) in [6.45, 7) is 1.69. The van der Waals surface area contributed by atoms with Gasteiger partial charge in [0.25, 0.3) is 0 Å². The van der Waals surface area contributed by atoms with E-state index < -0.39 is 36.3 Å². The first-order valence-electron chi connectivity index (χ1n) is 8.99. The number of carbonyl (C=O) groups excluding carboxylic acids is 2. The highest BCUT2D eigenvalue weighted by molar-refractivity contribution is 6.05. The molecule has 2 aromatic carbocycles. The predicted octanol–water partition coefficient (Wildman–Crippen LogP) is 3.96. The minimum atomic E-state index is -4.79. The molecular weight excluding hydrogens is 390 g/mol. The molecule has 29 heavy (non-hydrogen) atoms. The van der Waals surface area contributed by atoms with Gasteiger partial charge in [0.05, 0.1) is 24.3 Å². The Morgan fingerprint density at radius 2 is 1.83 bits per heavy atom. The van der Waals surface area contributed by atoms with E-state index in [1.807, 2.05) is 0 Å². The Bertz CT molecular complexity index is 899. The van der Waals surface area contributed by atoms with E-state index in [-0.39, 0.29) is 17.9 Å². The summed E-state index contributed by atoms with van der Waals surface area (Å²) in [6, 6.07) is 8.92. The standard InChI is InChI=1S/C20H19F4N3O2/c1-2-26(14-9-7-13(21)8-10-14)12-19(29)27-16-6-4-3-5-15(16)25-18(28)11-17(27)20(22,23)24/h3-10,17H,2,11-12H2,1H3,(H,25,28)/t17-/m1/s1. The summed E-state index contributed by atoms with van der Waals surface area (Å²) in [4.78, 5) is 27.2. The second-order valence-electron chi connectivity index (χ2n) is 6.58. The lowest BCUT2D eigenvalue weighted by atomic mass is 10.1. The molecule has 1 heterocycles. The summed E-state index contributed by atoms with van der Waals surface area (Å²) < 4.78 is 54.5. The summed E-state index contributed by atoms with van der Waals surface area (Å²) in [5.41, 5.74) is 0.631. The molecule has 2 amide bonds. The first kappa shape index (κ1) is 20.6. The zero-order chi connectivity index (χ0) is 21.2. The zero-order valence-corrected chi connectivity index (χ0v) is 15.5. The fourth-order valence-electron chi connectivity index (χ4n) is 3.27. The van der Waals surface area contributed by atoms with E-state index in [0.717, 1.165) is 0 Å². The van der Waals surface area contributed by atoms with Crippen LogP contribution in [0.2, 0.25) is 0 Å². The highest BCUT2D eigenvalue weighted by atomic mass is 19.4. The van der Waals surface area contributed by atoms with Gasteiger partial charge >= 0.3 is 6.18 Å². The Labute approximate surface area is 164 Å². The van der Waals surface area contributed by atoms with Crippen molar-refractivity contribution >= 4 is 28.9 Å². The van der Waals surface area contributed by atoms with Gasteiger partial charge in [-0.1, -0.05) is 12.1 Å². The van der Waals surface area contributed by atoms with E-state index in [1.54, 1.807) is 13.0 Å². The fourth-order valence-corrected chi connectivity index (χ4v) is 3.27. The number of benzene rings is 2. The van der Waals surface area contributed by atoms with Crippen molar-refractivity contribution in [3.63, 3.8) is 0 Å². The Morgan fingerprint density at radius 3 is 2.45 bits per heavy atom. The third-order valence-electron chi connectivity index (χ3n) is 4.67. The van der Waals surface area contributed by atoms with Crippen LogP contribution in [0.25, 0.3) is 0 Å². The Kier molecular flexibility index (Phi) is 5.76. The normalized spacial score (nSPS) is 16.7. The van der Waals surface area contributed by atoms with Crippen LogP contribution in [0.3, 0.4) is 0 Å². The second-order valence-corrected chi connectivity index (χ2v) is 6.58. The average Bonchev–Trinajstić information content (AvgIpc) is 2.82. The van der Waals surface area contributed by atoms with Crippen molar-refractivity contribution in [2.75, 3.05) is 28.2 Å². The van der Waals surface area contributed by atoms with Gasteiger partial charge in [-0.25, -0.2) is 4.39 Å². The van der Waals surface area contributed by atoms with Gasteiger partial charge < -0.3 is 10.2 Å². The number of halogens is 4. The maximum absolute atomic E-state index is 13.8. The molecule has 5 nitrogen and oxygen atoms in total. The number of anilines is 3. The lowest BCUT2D eigenvalue weighted by Gasteiger charge is -2.34. The van der Waals surface area contributed by atoms with Gasteiger partial charge in [-0.15, -0.1) is 0 Å². The van der Waals surface area contributed by atoms with Crippen molar-refractivity contribution < 1.29 is 27.2 Å². The highest BCUT2D eigenvalue weighted by Crippen LogP contribution is 2.37. The largest absolute Gasteiger partial charge is 0.409 e. The molecule has 1 atom stereocenters. The smallest absolute Gasteiger partial charge is 0.362 e. The number of nitrogens with one attached hydrogen (secondary N) is 1. The lowest BCUT2D eigenvalue weighted by Crippen LogP contribution is -2.52. The van der Waals surface area contributed by atoms with Crippen LogP contribution >= 0.6 is 0 Å². The summed E-state index contributed by atoms with van der Waals surface area (Å²) >= 11 is 0. The molecular formula is C20H19F4N3O2. The summed E-state index contributed by atoms with van der Waals surface area (Å²) in [5.74, 6) is -2.09. The Hall–Kier alpha value is -3.10. The molecule has 154 valence electrons. The summed E-state index contributed by atoms with van der Waals surface area (Å²) in [6.07, 6.45) is -5.69. The average molecular weight is 409 g/mol. The predicted molar refractivity (Wildman–Crippen MR) is 101 cm³/mol. The quantitative estimate of drug-likeness (QED) is 0.778. The summed E-state index contributed by atoms with van der Waals surface area (Å²) in [7, 11) is 0. The molecule has 1 aliphatic heterocycles. The van der Waals surface area contributed by atoms with Crippen LogP contribution in [-0.4, -0.2) is 37.1 Å². The number of likely N-dealkylation sites (N-methyl/N-ethyl adjacent to an activating group) is 1. The van der Waals surface area contributed by atoms with Crippen LogP contribution in [0.5, 0.6) is 0 Å². The number of fused-ring (bicyclic) bond motifs is 1. The number of carbonyl (C=O) groups is 2. The van der Waals surface area contributed by atoms with Crippen molar-refractivity contribution in [1.82, 2.24) is 0 Å². The fraction of sp³-hybridized carbons (Fsp3) is 0.300.